The zero-order valence-electron chi connectivity index (χ0n) is 8.95. The number of benzene rings is 1. The molecule has 92 valence electrons. The number of rotatable bonds is 3. The van der Waals surface area contributed by atoms with Gasteiger partial charge in [0.2, 0.25) is 0 Å². The van der Waals surface area contributed by atoms with E-state index in [2.05, 4.69) is 0 Å². The van der Waals surface area contributed by atoms with E-state index in [0.717, 1.165) is 6.07 Å². The average molecular weight is 261 g/mol. The summed E-state index contributed by atoms with van der Waals surface area (Å²) in [5, 5.41) is 17.4. The van der Waals surface area contributed by atoms with E-state index in [9.17, 15) is 13.2 Å². The first kappa shape index (κ1) is 13.9. The van der Waals surface area contributed by atoms with Crippen molar-refractivity contribution < 1.29 is 18.3 Å². The second-order valence-corrected chi connectivity index (χ2v) is 4.94. The van der Waals surface area contributed by atoms with E-state index in [4.69, 9.17) is 10.4 Å². The third kappa shape index (κ3) is 3.65. The van der Waals surface area contributed by atoms with E-state index < -0.39 is 17.3 Å². The number of aliphatic hydroxyl groups is 1. The molecule has 0 amide bonds. The van der Waals surface area contributed by atoms with Gasteiger partial charge in [0.25, 0.3) is 0 Å². The zero-order valence-corrected chi connectivity index (χ0v) is 9.77. The molecule has 1 aromatic rings. The van der Waals surface area contributed by atoms with E-state index in [0.29, 0.717) is 4.90 Å². The van der Waals surface area contributed by atoms with Gasteiger partial charge in [-0.2, -0.15) is 18.4 Å². The van der Waals surface area contributed by atoms with Crippen LogP contribution in [0.1, 0.15) is 18.1 Å². The van der Waals surface area contributed by atoms with Crippen molar-refractivity contribution in [3.8, 4) is 6.07 Å². The number of halogens is 3. The summed E-state index contributed by atoms with van der Waals surface area (Å²) in [6, 6.07) is 4.93. The van der Waals surface area contributed by atoms with Gasteiger partial charge in [0, 0.05) is 10.1 Å². The minimum atomic E-state index is -4.52. The van der Waals surface area contributed by atoms with Crippen LogP contribution in [0.25, 0.3) is 0 Å². The van der Waals surface area contributed by atoms with Crippen molar-refractivity contribution in [2.45, 2.75) is 23.2 Å². The van der Waals surface area contributed by atoms with Crippen LogP contribution in [0.2, 0.25) is 0 Å². The summed E-state index contributed by atoms with van der Waals surface area (Å²) in [7, 11) is 0. The standard InChI is InChI=1S/C11H10F3NOS/c1-7(6-16)17-9-2-3-10(11(12,13)14)8(4-9)5-15/h2-4,7,16H,6H2,1H3. The lowest BCUT2D eigenvalue weighted by molar-refractivity contribution is -0.137. The Kier molecular flexibility index (Phi) is 4.43. The van der Waals surface area contributed by atoms with Gasteiger partial charge < -0.3 is 5.11 Å². The topological polar surface area (TPSA) is 44.0 Å². The molecule has 1 unspecified atom stereocenters. The number of aliphatic hydroxyl groups excluding tert-OH is 1. The molecule has 0 aliphatic heterocycles. The van der Waals surface area contributed by atoms with Crippen LogP contribution in [0.15, 0.2) is 23.1 Å². The van der Waals surface area contributed by atoms with Gasteiger partial charge in [-0.15, -0.1) is 11.8 Å². The minimum Gasteiger partial charge on any atom is -0.395 e. The van der Waals surface area contributed by atoms with Crippen LogP contribution >= 0.6 is 11.8 Å². The Balaban J connectivity index is 3.06. The molecule has 1 rings (SSSR count). The van der Waals surface area contributed by atoms with Crippen LogP contribution < -0.4 is 0 Å². The van der Waals surface area contributed by atoms with Crippen molar-refractivity contribution in [1.29, 1.82) is 5.26 Å². The average Bonchev–Trinajstić information content (AvgIpc) is 2.27. The van der Waals surface area contributed by atoms with E-state index in [-0.39, 0.29) is 11.9 Å². The van der Waals surface area contributed by atoms with E-state index >= 15 is 0 Å². The van der Waals surface area contributed by atoms with Crippen molar-refractivity contribution in [2.75, 3.05) is 6.61 Å². The molecule has 6 heteroatoms. The van der Waals surface area contributed by atoms with E-state index in [1.54, 1.807) is 6.92 Å². The maximum atomic E-state index is 12.5. The molecule has 1 N–H and O–H groups in total. The first-order valence-corrected chi connectivity index (χ1v) is 5.65. The molecule has 17 heavy (non-hydrogen) atoms. The molecule has 0 saturated carbocycles. The number of hydrogen-bond acceptors (Lipinski definition) is 3. The highest BCUT2D eigenvalue weighted by Gasteiger charge is 2.33. The Morgan fingerprint density at radius 2 is 2.12 bits per heavy atom. The first-order valence-electron chi connectivity index (χ1n) is 4.77. The molecule has 2 nitrogen and oxygen atoms in total. The van der Waals surface area contributed by atoms with Crippen LogP contribution in [0.3, 0.4) is 0 Å². The SMILES string of the molecule is CC(CO)Sc1ccc(C(F)(F)F)c(C#N)c1. The molecule has 1 aromatic carbocycles. The molecule has 0 radical (unpaired) electrons. The molecule has 0 fully saturated rings. The Morgan fingerprint density at radius 3 is 2.59 bits per heavy atom. The number of thioether (sulfide) groups is 1. The predicted octanol–water partition coefficient (Wildman–Crippen LogP) is 3.05. The van der Waals surface area contributed by atoms with Crippen LogP contribution in [0.5, 0.6) is 0 Å². The molecule has 0 spiro atoms. The van der Waals surface area contributed by atoms with Gasteiger partial charge in [-0.05, 0) is 18.2 Å². The molecule has 0 aliphatic carbocycles. The molecule has 0 aromatic heterocycles. The van der Waals surface area contributed by atoms with Gasteiger partial charge in [-0.3, -0.25) is 0 Å². The van der Waals surface area contributed by atoms with Crippen molar-refractivity contribution in [1.82, 2.24) is 0 Å². The highest BCUT2D eigenvalue weighted by Crippen LogP contribution is 2.34. The van der Waals surface area contributed by atoms with Gasteiger partial charge in [0.1, 0.15) is 0 Å². The Bertz CT molecular complexity index is 439. The Hall–Kier alpha value is -1.19. The van der Waals surface area contributed by atoms with Gasteiger partial charge in [0.15, 0.2) is 0 Å². The monoisotopic (exact) mass is 261 g/mol. The summed E-state index contributed by atoms with van der Waals surface area (Å²) in [5.41, 5.74) is -1.33. The smallest absolute Gasteiger partial charge is 0.395 e. The second-order valence-electron chi connectivity index (χ2n) is 3.43. The first-order chi connectivity index (χ1) is 7.88. The van der Waals surface area contributed by atoms with Crippen molar-refractivity contribution >= 4 is 11.8 Å². The highest BCUT2D eigenvalue weighted by atomic mass is 32.2. The van der Waals surface area contributed by atoms with Crippen LogP contribution in [0, 0.1) is 11.3 Å². The highest BCUT2D eigenvalue weighted by molar-refractivity contribution is 8.00. The number of hydrogen-bond donors (Lipinski definition) is 1. The molecule has 0 aliphatic rings. The molecular weight excluding hydrogens is 251 g/mol. The largest absolute Gasteiger partial charge is 0.417 e. The summed E-state index contributed by atoms with van der Waals surface area (Å²) in [6.07, 6.45) is -4.52. The summed E-state index contributed by atoms with van der Waals surface area (Å²) in [4.78, 5) is 0.538. The number of nitrogens with zero attached hydrogens (tertiary/aromatic N) is 1. The molecule has 1 atom stereocenters. The maximum Gasteiger partial charge on any atom is 0.417 e. The van der Waals surface area contributed by atoms with E-state index in [1.165, 1.54) is 30.0 Å². The second kappa shape index (κ2) is 5.43. The fourth-order valence-electron chi connectivity index (χ4n) is 1.21. The quantitative estimate of drug-likeness (QED) is 0.850. The molecule has 0 bridgehead atoms. The third-order valence-electron chi connectivity index (χ3n) is 2.01. The maximum absolute atomic E-state index is 12.5. The zero-order chi connectivity index (χ0) is 13.1. The number of nitriles is 1. The van der Waals surface area contributed by atoms with E-state index in [1.807, 2.05) is 0 Å². The third-order valence-corrected chi connectivity index (χ3v) is 3.09. The molecular formula is C11H10F3NOS. The predicted molar refractivity (Wildman–Crippen MR) is 58.6 cm³/mol. The van der Waals surface area contributed by atoms with Crippen molar-refractivity contribution in [3.63, 3.8) is 0 Å². The van der Waals surface area contributed by atoms with Crippen molar-refractivity contribution in [3.05, 3.63) is 29.3 Å². The van der Waals surface area contributed by atoms with Gasteiger partial charge in [0.05, 0.1) is 23.8 Å². The lowest BCUT2D eigenvalue weighted by Gasteiger charge is -2.11. The summed E-state index contributed by atoms with van der Waals surface area (Å²) in [6.45, 7) is 1.67. The van der Waals surface area contributed by atoms with Gasteiger partial charge in [-0.1, -0.05) is 6.92 Å². The number of alkyl halides is 3. The van der Waals surface area contributed by atoms with Gasteiger partial charge in [-0.25, -0.2) is 0 Å². The van der Waals surface area contributed by atoms with Gasteiger partial charge >= 0.3 is 6.18 Å². The fraction of sp³-hybridized carbons (Fsp3) is 0.364. The van der Waals surface area contributed by atoms with Crippen LogP contribution in [0.4, 0.5) is 13.2 Å². The van der Waals surface area contributed by atoms with Crippen LogP contribution in [-0.2, 0) is 6.18 Å². The Labute approximate surface area is 101 Å². The fourth-order valence-corrected chi connectivity index (χ4v) is 2.08. The summed E-state index contributed by atoms with van der Waals surface area (Å²) in [5.74, 6) is 0. The lowest BCUT2D eigenvalue weighted by Crippen LogP contribution is -2.08. The van der Waals surface area contributed by atoms with Crippen LogP contribution in [-0.4, -0.2) is 17.0 Å². The summed E-state index contributed by atoms with van der Waals surface area (Å²) >= 11 is 1.22. The normalized spacial score (nSPS) is 13.2. The minimum absolute atomic E-state index is 0.0758. The Morgan fingerprint density at radius 1 is 1.47 bits per heavy atom. The summed E-state index contributed by atoms with van der Waals surface area (Å²) < 4.78 is 37.5. The van der Waals surface area contributed by atoms with Crippen molar-refractivity contribution in [2.24, 2.45) is 0 Å². The molecule has 0 heterocycles. The molecule has 0 saturated heterocycles. The lowest BCUT2D eigenvalue weighted by atomic mass is 10.1.